The quantitative estimate of drug-likeness (QED) is 0.676. The van der Waals surface area contributed by atoms with Crippen LogP contribution in [-0.2, 0) is 26.2 Å². The van der Waals surface area contributed by atoms with E-state index in [1.165, 1.54) is 0 Å². The molecule has 5 heteroatoms. The van der Waals surface area contributed by atoms with E-state index in [-0.39, 0.29) is 17.5 Å². The lowest BCUT2D eigenvalue weighted by molar-refractivity contribution is -0.159. The van der Waals surface area contributed by atoms with E-state index in [0.29, 0.717) is 18.2 Å². The molecular formula is C20H26N2O3. The number of carbonyl (C=O) groups is 1. The molecule has 3 rings (SSSR count). The van der Waals surface area contributed by atoms with Crippen LogP contribution in [0.4, 0.5) is 5.69 Å². The summed E-state index contributed by atoms with van der Waals surface area (Å²) in [5.74, 6) is -0.0651. The zero-order chi connectivity index (χ0) is 18.2. The Morgan fingerprint density at radius 1 is 1.48 bits per heavy atom. The molecule has 5 nitrogen and oxygen atoms in total. The highest BCUT2D eigenvalue weighted by Gasteiger charge is 2.62. The monoisotopic (exact) mass is 342 g/mol. The molecule has 4 atom stereocenters. The zero-order valence-corrected chi connectivity index (χ0v) is 15.2. The highest BCUT2D eigenvalue weighted by molar-refractivity contribution is 5.86. The topological polar surface area (TPSA) is 65.9 Å². The summed E-state index contributed by atoms with van der Waals surface area (Å²) in [7, 11) is 1.74. The number of benzene rings is 1. The molecule has 2 aliphatic carbocycles. The average Bonchev–Trinajstić information content (AvgIpc) is 2.84. The summed E-state index contributed by atoms with van der Waals surface area (Å²) in [6.45, 7) is 11.5. The van der Waals surface area contributed by atoms with Crippen molar-refractivity contribution in [3.8, 4) is 0 Å². The van der Waals surface area contributed by atoms with Gasteiger partial charge in [-0.15, -0.1) is 0 Å². The maximum Gasteiger partial charge on any atom is 0.331 e. The van der Waals surface area contributed by atoms with E-state index in [2.05, 4.69) is 11.8 Å². The predicted molar refractivity (Wildman–Crippen MR) is 95.2 cm³/mol. The zero-order valence-electron chi connectivity index (χ0n) is 15.2. The number of fused-ring (bicyclic) bond motifs is 1. The maximum atomic E-state index is 13.0. The summed E-state index contributed by atoms with van der Waals surface area (Å²) >= 11 is 0. The van der Waals surface area contributed by atoms with E-state index < -0.39 is 5.54 Å². The number of ether oxygens (including phenoxy) is 2. The molecular weight excluding hydrogens is 316 g/mol. The Hall–Kier alpha value is -1.90. The Morgan fingerprint density at radius 3 is 2.84 bits per heavy atom. The van der Waals surface area contributed by atoms with Gasteiger partial charge < -0.3 is 15.2 Å². The Balaban J connectivity index is 2.10. The molecule has 1 saturated carbocycles. The van der Waals surface area contributed by atoms with E-state index in [1.54, 1.807) is 26.2 Å². The standard InChI is InChI=1S/C20H26N2O3/c1-5-25-18(23)20(21)16-10-15(22-3)7-6-14(16)12-19(20)9-8-17(24-4)13(2)11-19/h6-7,10,13,17H,5,8-9,11-12,21H2,1-2,4H3/t13-,17-,19-,20+/m0/s1. The summed E-state index contributed by atoms with van der Waals surface area (Å²) in [6.07, 6.45) is 3.44. The van der Waals surface area contributed by atoms with Crippen molar-refractivity contribution in [3.63, 3.8) is 0 Å². The van der Waals surface area contributed by atoms with Crippen molar-refractivity contribution in [2.45, 2.75) is 51.2 Å². The minimum atomic E-state index is -1.20. The molecule has 1 fully saturated rings. The van der Waals surface area contributed by atoms with Crippen LogP contribution >= 0.6 is 0 Å². The number of nitrogens with two attached hydrogens (primary N) is 1. The molecule has 0 bridgehead atoms. The predicted octanol–water partition coefficient (Wildman–Crippen LogP) is 3.33. The number of hydrogen-bond donors (Lipinski definition) is 1. The fourth-order valence-corrected chi connectivity index (χ4v) is 4.94. The molecule has 134 valence electrons. The van der Waals surface area contributed by atoms with Crippen molar-refractivity contribution in [2.75, 3.05) is 13.7 Å². The Morgan fingerprint density at radius 2 is 2.24 bits per heavy atom. The molecule has 0 aromatic heterocycles. The summed E-state index contributed by atoms with van der Waals surface area (Å²) in [4.78, 5) is 16.5. The Labute approximate surface area is 149 Å². The lowest BCUT2D eigenvalue weighted by Crippen LogP contribution is -2.59. The first-order valence-electron chi connectivity index (χ1n) is 8.91. The molecule has 0 amide bonds. The van der Waals surface area contributed by atoms with Crippen LogP contribution in [0.5, 0.6) is 0 Å². The van der Waals surface area contributed by atoms with Crippen molar-refractivity contribution in [2.24, 2.45) is 17.1 Å². The van der Waals surface area contributed by atoms with E-state index in [1.807, 2.05) is 6.07 Å². The fraction of sp³-hybridized carbons (Fsp3) is 0.600. The van der Waals surface area contributed by atoms with Gasteiger partial charge in [-0.1, -0.05) is 25.1 Å². The first-order chi connectivity index (χ1) is 11.9. The number of nitrogens with zero attached hydrogens (tertiary/aromatic N) is 1. The molecule has 0 aliphatic heterocycles. The van der Waals surface area contributed by atoms with Crippen LogP contribution in [-0.4, -0.2) is 25.8 Å². The number of rotatable bonds is 3. The van der Waals surface area contributed by atoms with Crippen LogP contribution in [0.1, 0.15) is 44.2 Å². The molecule has 1 aromatic carbocycles. The molecule has 0 unspecified atom stereocenters. The van der Waals surface area contributed by atoms with Crippen molar-refractivity contribution >= 4 is 11.7 Å². The van der Waals surface area contributed by atoms with Crippen LogP contribution in [0.15, 0.2) is 18.2 Å². The highest BCUT2D eigenvalue weighted by atomic mass is 16.5. The van der Waals surface area contributed by atoms with Crippen LogP contribution in [0.25, 0.3) is 4.85 Å². The van der Waals surface area contributed by atoms with Crippen LogP contribution in [0, 0.1) is 17.9 Å². The number of methoxy groups -OCH3 is 1. The largest absolute Gasteiger partial charge is 0.464 e. The SMILES string of the molecule is [C-]#[N+]c1ccc2c(c1)[C@@](N)(C(=O)OCC)[C@]1(CC[C@H](OC)[C@@H](C)C1)C2. The summed E-state index contributed by atoms with van der Waals surface area (Å²) in [5.41, 5.74) is 7.62. The van der Waals surface area contributed by atoms with Gasteiger partial charge in [0, 0.05) is 12.5 Å². The average molecular weight is 342 g/mol. The van der Waals surface area contributed by atoms with Gasteiger partial charge in [-0.3, -0.25) is 0 Å². The summed E-state index contributed by atoms with van der Waals surface area (Å²) in [5, 5.41) is 0. The van der Waals surface area contributed by atoms with Crippen molar-refractivity contribution in [3.05, 3.63) is 40.7 Å². The van der Waals surface area contributed by atoms with E-state index in [9.17, 15) is 4.79 Å². The van der Waals surface area contributed by atoms with Crippen LogP contribution in [0.3, 0.4) is 0 Å². The first-order valence-corrected chi connectivity index (χ1v) is 8.91. The van der Waals surface area contributed by atoms with Gasteiger partial charge in [-0.05, 0) is 49.7 Å². The van der Waals surface area contributed by atoms with Crippen LogP contribution < -0.4 is 5.73 Å². The third-order valence-electron chi connectivity index (χ3n) is 6.17. The van der Waals surface area contributed by atoms with E-state index >= 15 is 0 Å². The second-order valence-corrected chi connectivity index (χ2v) is 7.43. The highest BCUT2D eigenvalue weighted by Crippen LogP contribution is 2.58. The van der Waals surface area contributed by atoms with Gasteiger partial charge in [0.25, 0.3) is 0 Å². The fourth-order valence-electron chi connectivity index (χ4n) is 4.94. The smallest absolute Gasteiger partial charge is 0.331 e. The lowest BCUT2D eigenvalue weighted by Gasteiger charge is -2.48. The molecule has 0 heterocycles. The van der Waals surface area contributed by atoms with Gasteiger partial charge in [0.1, 0.15) is 5.54 Å². The van der Waals surface area contributed by atoms with Crippen molar-refractivity contribution in [1.29, 1.82) is 0 Å². The normalized spacial score (nSPS) is 33.7. The summed E-state index contributed by atoms with van der Waals surface area (Å²) in [6, 6.07) is 5.53. The van der Waals surface area contributed by atoms with Gasteiger partial charge in [0.15, 0.2) is 5.69 Å². The minimum Gasteiger partial charge on any atom is -0.464 e. The second kappa shape index (κ2) is 6.44. The summed E-state index contributed by atoms with van der Waals surface area (Å²) < 4.78 is 11.0. The molecule has 0 radical (unpaired) electrons. The molecule has 0 saturated heterocycles. The minimum absolute atomic E-state index is 0.194. The molecule has 1 spiro atoms. The Bertz CT molecular complexity index is 726. The number of carbonyl (C=O) groups excluding carboxylic acids is 1. The van der Waals surface area contributed by atoms with Crippen molar-refractivity contribution < 1.29 is 14.3 Å². The number of hydrogen-bond acceptors (Lipinski definition) is 4. The third kappa shape index (κ3) is 2.56. The molecule has 2 aliphatic rings. The van der Waals surface area contributed by atoms with Crippen LogP contribution in [0.2, 0.25) is 0 Å². The van der Waals surface area contributed by atoms with Gasteiger partial charge in [0.05, 0.1) is 19.3 Å². The van der Waals surface area contributed by atoms with E-state index in [0.717, 1.165) is 36.8 Å². The van der Waals surface area contributed by atoms with Gasteiger partial charge in [0.2, 0.25) is 0 Å². The lowest BCUT2D eigenvalue weighted by atomic mass is 9.59. The molecule has 2 N–H and O–H groups in total. The number of esters is 1. The van der Waals surface area contributed by atoms with Gasteiger partial charge in [-0.2, -0.15) is 0 Å². The van der Waals surface area contributed by atoms with Crippen molar-refractivity contribution in [1.82, 2.24) is 0 Å². The van der Waals surface area contributed by atoms with Gasteiger partial charge >= 0.3 is 5.97 Å². The molecule has 25 heavy (non-hydrogen) atoms. The third-order valence-corrected chi connectivity index (χ3v) is 6.17. The first kappa shape index (κ1) is 17.9. The van der Waals surface area contributed by atoms with E-state index in [4.69, 9.17) is 21.8 Å². The maximum absolute atomic E-state index is 13.0. The molecule has 1 aromatic rings. The Kier molecular flexibility index (Phi) is 4.61. The second-order valence-electron chi connectivity index (χ2n) is 7.43. The van der Waals surface area contributed by atoms with Gasteiger partial charge in [-0.25, -0.2) is 9.64 Å².